The Morgan fingerprint density at radius 2 is 2.09 bits per heavy atom. The molecule has 1 fully saturated rings. The van der Waals surface area contributed by atoms with Crippen LogP contribution in [0.5, 0.6) is 5.75 Å². The lowest BCUT2D eigenvalue weighted by Crippen LogP contribution is -2.47. The molecule has 1 saturated heterocycles. The molecule has 2 rings (SSSR count). The Morgan fingerprint density at radius 1 is 1.35 bits per heavy atom. The number of rotatable bonds is 5. The highest BCUT2D eigenvalue weighted by molar-refractivity contribution is 5.97. The van der Waals surface area contributed by atoms with E-state index in [1.54, 1.807) is 32.3 Å². The molecular formula is C17H25N3O3. The normalized spacial score (nSPS) is 17.7. The van der Waals surface area contributed by atoms with Gasteiger partial charge in [0.1, 0.15) is 5.75 Å². The lowest BCUT2D eigenvalue weighted by atomic mass is 10.0. The number of ether oxygens (including phenoxy) is 1. The maximum absolute atomic E-state index is 12.8. The quantitative estimate of drug-likeness (QED) is 0.879. The van der Waals surface area contributed by atoms with Crippen LogP contribution in [0.3, 0.4) is 0 Å². The highest BCUT2D eigenvalue weighted by Crippen LogP contribution is 2.22. The number of piperidine rings is 1. The van der Waals surface area contributed by atoms with Gasteiger partial charge in [0.25, 0.3) is 11.8 Å². The number of hydrogen-bond acceptors (Lipinski definition) is 4. The molecule has 0 radical (unpaired) electrons. The van der Waals surface area contributed by atoms with E-state index in [-0.39, 0.29) is 18.4 Å². The molecule has 0 saturated carbocycles. The van der Waals surface area contributed by atoms with Crippen molar-refractivity contribution in [1.29, 1.82) is 0 Å². The maximum Gasteiger partial charge on any atom is 0.259 e. The number of hydrogen-bond donors (Lipinski definition) is 1. The van der Waals surface area contributed by atoms with Crippen LogP contribution >= 0.6 is 0 Å². The number of amides is 2. The molecule has 2 amide bonds. The van der Waals surface area contributed by atoms with Crippen molar-refractivity contribution in [1.82, 2.24) is 15.1 Å². The fourth-order valence-electron chi connectivity index (χ4n) is 2.61. The van der Waals surface area contributed by atoms with Crippen molar-refractivity contribution >= 4 is 11.8 Å². The average molecular weight is 319 g/mol. The Bertz CT molecular complexity index is 560. The number of nitrogens with zero attached hydrogens (tertiary/aromatic N) is 2. The summed E-state index contributed by atoms with van der Waals surface area (Å²) in [6.45, 7) is 1.37. The van der Waals surface area contributed by atoms with Crippen molar-refractivity contribution < 1.29 is 14.3 Å². The van der Waals surface area contributed by atoms with Gasteiger partial charge in [0.05, 0.1) is 5.56 Å². The third-order valence-corrected chi connectivity index (χ3v) is 4.08. The summed E-state index contributed by atoms with van der Waals surface area (Å²) in [4.78, 5) is 27.8. The number of para-hydroxylation sites is 1. The second-order valence-corrected chi connectivity index (χ2v) is 5.95. The lowest BCUT2D eigenvalue weighted by molar-refractivity contribution is -0.130. The molecule has 1 aromatic carbocycles. The molecule has 0 aromatic heterocycles. The Kier molecular flexibility index (Phi) is 5.98. The lowest BCUT2D eigenvalue weighted by Gasteiger charge is -2.33. The molecule has 0 aliphatic carbocycles. The number of carbonyl (C=O) groups excluding carboxylic acids is 2. The highest BCUT2D eigenvalue weighted by atomic mass is 16.5. The highest BCUT2D eigenvalue weighted by Gasteiger charge is 2.25. The zero-order chi connectivity index (χ0) is 16.8. The topological polar surface area (TPSA) is 61.9 Å². The van der Waals surface area contributed by atoms with E-state index >= 15 is 0 Å². The van der Waals surface area contributed by atoms with Gasteiger partial charge in [-0.3, -0.25) is 9.59 Å². The van der Waals surface area contributed by atoms with E-state index in [4.69, 9.17) is 4.74 Å². The molecule has 1 aliphatic rings. The monoisotopic (exact) mass is 319 g/mol. The Balaban J connectivity index is 2.09. The Hall–Kier alpha value is -2.08. The third kappa shape index (κ3) is 4.45. The van der Waals surface area contributed by atoms with Gasteiger partial charge < -0.3 is 19.9 Å². The van der Waals surface area contributed by atoms with Crippen LogP contribution in [-0.2, 0) is 4.79 Å². The van der Waals surface area contributed by atoms with Gasteiger partial charge in [-0.2, -0.15) is 0 Å². The minimum atomic E-state index is -0.138. The number of likely N-dealkylation sites (tertiary alicyclic amines) is 1. The largest absolute Gasteiger partial charge is 0.483 e. The smallest absolute Gasteiger partial charge is 0.259 e. The summed E-state index contributed by atoms with van der Waals surface area (Å²) in [5, 5.41) is 3.23. The van der Waals surface area contributed by atoms with Crippen molar-refractivity contribution in [2.45, 2.75) is 18.9 Å². The van der Waals surface area contributed by atoms with Crippen molar-refractivity contribution in [3.05, 3.63) is 29.8 Å². The van der Waals surface area contributed by atoms with Crippen LogP contribution in [0.1, 0.15) is 23.2 Å². The molecule has 1 N–H and O–H groups in total. The van der Waals surface area contributed by atoms with Crippen LogP contribution in [0.15, 0.2) is 24.3 Å². The standard InChI is InChI=1S/C17H25N3O3/c1-18-13-7-6-10-20(11-13)17(22)14-8-4-5-9-15(14)23-12-16(21)19(2)3/h4-5,8-9,13,18H,6-7,10-12H2,1-3H3. The predicted molar refractivity (Wildman–Crippen MR) is 88.6 cm³/mol. The van der Waals surface area contributed by atoms with Gasteiger partial charge in [0.2, 0.25) is 0 Å². The summed E-state index contributed by atoms with van der Waals surface area (Å²) in [5.41, 5.74) is 0.510. The molecule has 0 spiro atoms. The summed E-state index contributed by atoms with van der Waals surface area (Å²) in [5.74, 6) is 0.276. The van der Waals surface area contributed by atoms with Gasteiger partial charge in [-0.15, -0.1) is 0 Å². The second kappa shape index (κ2) is 7.97. The molecule has 0 bridgehead atoms. The Morgan fingerprint density at radius 3 is 2.78 bits per heavy atom. The molecule has 6 nitrogen and oxygen atoms in total. The molecular weight excluding hydrogens is 294 g/mol. The van der Waals surface area contributed by atoms with Crippen LogP contribution < -0.4 is 10.1 Å². The first-order valence-corrected chi connectivity index (χ1v) is 7.91. The number of carbonyl (C=O) groups is 2. The fourth-order valence-corrected chi connectivity index (χ4v) is 2.61. The molecule has 1 aliphatic heterocycles. The van der Waals surface area contributed by atoms with E-state index in [1.165, 1.54) is 4.90 Å². The first-order chi connectivity index (χ1) is 11.0. The first kappa shape index (κ1) is 17.3. The number of benzene rings is 1. The van der Waals surface area contributed by atoms with Crippen molar-refractivity contribution in [2.24, 2.45) is 0 Å². The zero-order valence-electron chi connectivity index (χ0n) is 14.0. The summed E-state index contributed by atoms with van der Waals surface area (Å²) in [6, 6.07) is 7.43. The first-order valence-electron chi connectivity index (χ1n) is 7.91. The third-order valence-electron chi connectivity index (χ3n) is 4.08. The predicted octanol–water partition coefficient (Wildman–Crippen LogP) is 0.978. The van der Waals surface area contributed by atoms with Crippen LogP contribution in [0.4, 0.5) is 0 Å². The molecule has 6 heteroatoms. The summed E-state index contributed by atoms with van der Waals surface area (Å²) < 4.78 is 5.57. The van der Waals surface area contributed by atoms with Crippen LogP contribution in [0.25, 0.3) is 0 Å². The van der Waals surface area contributed by atoms with E-state index < -0.39 is 0 Å². The second-order valence-electron chi connectivity index (χ2n) is 5.95. The molecule has 1 heterocycles. The SMILES string of the molecule is CNC1CCCN(C(=O)c2ccccc2OCC(=O)N(C)C)C1. The molecule has 1 unspecified atom stereocenters. The van der Waals surface area contributed by atoms with Crippen molar-refractivity contribution in [2.75, 3.05) is 40.8 Å². The van der Waals surface area contributed by atoms with Crippen LogP contribution in [-0.4, -0.2) is 68.5 Å². The minimum Gasteiger partial charge on any atom is -0.483 e. The van der Waals surface area contributed by atoms with Crippen molar-refractivity contribution in [3.63, 3.8) is 0 Å². The fraction of sp³-hybridized carbons (Fsp3) is 0.529. The number of likely N-dealkylation sites (N-methyl/N-ethyl adjacent to an activating group) is 2. The molecule has 1 atom stereocenters. The summed E-state index contributed by atoms with van der Waals surface area (Å²) in [6.07, 6.45) is 2.06. The van der Waals surface area contributed by atoms with Crippen LogP contribution in [0.2, 0.25) is 0 Å². The van der Waals surface area contributed by atoms with Gasteiger partial charge in [0, 0.05) is 33.2 Å². The van der Waals surface area contributed by atoms with E-state index in [0.717, 1.165) is 19.4 Å². The van der Waals surface area contributed by atoms with Gasteiger partial charge >= 0.3 is 0 Å². The molecule has 126 valence electrons. The van der Waals surface area contributed by atoms with Gasteiger partial charge in [-0.25, -0.2) is 0 Å². The van der Waals surface area contributed by atoms with E-state index in [9.17, 15) is 9.59 Å². The number of nitrogens with one attached hydrogen (secondary N) is 1. The zero-order valence-corrected chi connectivity index (χ0v) is 14.0. The minimum absolute atomic E-state index is 0.0437. The average Bonchev–Trinajstić information content (AvgIpc) is 2.59. The van der Waals surface area contributed by atoms with Gasteiger partial charge in [-0.1, -0.05) is 12.1 Å². The Labute approximate surface area is 137 Å². The van der Waals surface area contributed by atoms with E-state index in [2.05, 4.69) is 5.32 Å². The maximum atomic E-state index is 12.8. The summed E-state index contributed by atoms with van der Waals surface area (Å²) >= 11 is 0. The molecule has 1 aromatic rings. The van der Waals surface area contributed by atoms with Gasteiger partial charge in [0.15, 0.2) is 6.61 Å². The van der Waals surface area contributed by atoms with Gasteiger partial charge in [-0.05, 0) is 32.0 Å². The van der Waals surface area contributed by atoms with E-state index in [0.29, 0.717) is 23.9 Å². The molecule has 23 heavy (non-hydrogen) atoms. The van der Waals surface area contributed by atoms with E-state index in [1.807, 2.05) is 18.0 Å². The van der Waals surface area contributed by atoms with Crippen LogP contribution in [0, 0.1) is 0 Å². The van der Waals surface area contributed by atoms with Crippen molar-refractivity contribution in [3.8, 4) is 5.75 Å². The summed E-state index contributed by atoms with van der Waals surface area (Å²) in [7, 11) is 5.27.